The number of carbonyl (C=O) groups excluding carboxylic acids is 1. The molecule has 0 atom stereocenters. The summed E-state index contributed by atoms with van der Waals surface area (Å²) in [6.45, 7) is 2.06. The number of thioether (sulfide) groups is 1. The smallest absolute Gasteiger partial charge is 0.148 e. The Morgan fingerprint density at radius 3 is 2.89 bits per heavy atom. The van der Waals surface area contributed by atoms with Crippen LogP contribution in [0.2, 0.25) is 0 Å². The van der Waals surface area contributed by atoms with Crippen LogP contribution in [0.4, 0.5) is 0 Å². The Labute approximate surface area is 124 Å². The van der Waals surface area contributed by atoms with Gasteiger partial charge in [0.25, 0.3) is 0 Å². The molecule has 2 rings (SSSR count). The van der Waals surface area contributed by atoms with Crippen LogP contribution >= 0.6 is 39.0 Å². The van der Waals surface area contributed by atoms with Crippen molar-refractivity contribution in [2.45, 2.75) is 18.2 Å². The van der Waals surface area contributed by atoms with Crippen molar-refractivity contribution in [2.75, 3.05) is 5.75 Å². The number of carbonyl (C=O) groups is 1. The molecule has 1 heterocycles. The van der Waals surface area contributed by atoms with Crippen LogP contribution < -0.4 is 0 Å². The Hall–Kier alpha value is -0.580. The lowest BCUT2D eigenvalue weighted by molar-refractivity contribution is -0.115. The SMILES string of the molecule is Cc1cccc(SCC(=O)Cc2cc(Br)cs2)c1. The number of hydrogen-bond acceptors (Lipinski definition) is 3. The Morgan fingerprint density at radius 1 is 1.39 bits per heavy atom. The molecule has 18 heavy (non-hydrogen) atoms. The highest BCUT2D eigenvalue weighted by Gasteiger charge is 2.07. The second-order valence-corrected chi connectivity index (χ2v) is 7.01. The van der Waals surface area contributed by atoms with Gasteiger partial charge in [-0.15, -0.1) is 23.1 Å². The van der Waals surface area contributed by atoms with Gasteiger partial charge in [0.1, 0.15) is 5.78 Å². The fourth-order valence-electron chi connectivity index (χ4n) is 1.56. The van der Waals surface area contributed by atoms with E-state index in [4.69, 9.17) is 0 Å². The third kappa shape index (κ3) is 4.26. The molecule has 0 amide bonds. The maximum absolute atomic E-state index is 11.9. The number of ketones is 1. The number of hydrogen-bond donors (Lipinski definition) is 0. The highest BCUT2D eigenvalue weighted by atomic mass is 79.9. The lowest BCUT2D eigenvalue weighted by Gasteiger charge is -2.01. The van der Waals surface area contributed by atoms with Gasteiger partial charge in [-0.25, -0.2) is 0 Å². The molecule has 1 aromatic carbocycles. The van der Waals surface area contributed by atoms with Gasteiger partial charge < -0.3 is 0 Å². The Balaban J connectivity index is 1.85. The highest BCUT2D eigenvalue weighted by Crippen LogP contribution is 2.22. The Morgan fingerprint density at radius 2 is 2.22 bits per heavy atom. The predicted octanol–water partition coefficient (Wildman–Crippen LogP) is 4.72. The second-order valence-electron chi connectivity index (χ2n) is 4.05. The average Bonchev–Trinajstić information content (AvgIpc) is 2.72. The molecule has 1 aromatic heterocycles. The monoisotopic (exact) mass is 340 g/mol. The molecular formula is C14H13BrOS2. The van der Waals surface area contributed by atoms with E-state index in [2.05, 4.69) is 35.0 Å². The minimum absolute atomic E-state index is 0.274. The molecule has 94 valence electrons. The molecule has 2 aromatic rings. The van der Waals surface area contributed by atoms with E-state index in [0.29, 0.717) is 12.2 Å². The van der Waals surface area contributed by atoms with Crippen LogP contribution in [0.25, 0.3) is 0 Å². The first-order chi connectivity index (χ1) is 8.63. The number of thiophene rings is 1. The molecule has 4 heteroatoms. The summed E-state index contributed by atoms with van der Waals surface area (Å²) in [6.07, 6.45) is 0.537. The number of aryl methyl sites for hydroxylation is 1. The summed E-state index contributed by atoms with van der Waals surface area (Å²) in [5.74, 6) is 0.815. The van der Waals surface area contributed by atoms with E-state index in [1.165, 1.54) is 5.56 Å². The van der Waals surface area contributed by atoms with Gasteiger partial charge in [-0.3, -0.25) is 4.79 Å². The molecule has 0 spiro atoms. The minimum Gasteiger partial charge on any atom is -0.298 e. The van der Waals surface area contributed by atoms with E-state index < -0.39 is 0 Å². The van der Waals surface area contributed by atoms with E-state index in [0.717, 1.165) is 14.2 Å². The van der Waals surface area contributed by atoms with Gasteiger partial charge in [-0.05, 0) is 41.1 Å². The summed E-state index contributed by atoms with van der Waals surface area (Å²) in [5, 5.41) is 2.01. The van der Waals surface area contributed by atoms with Crippen LogP contribution in [-0.4, -0.2) is 11.5 Å². The zero-order valence-corrected chi connectivity index (χ0v) is 13.2. The first kappa shape index (κ1) is 13.8. The summed E-state index contributed by atoms with van der Waals surface area (Å²) in [5.41, 5.74) is 1.23. The molecule has 0 radical (unpaired) electrons. The first-order valence-corrected chi connectivity index (χ1v) is 8.23. The van der Waals surface area contributed by atoms with Gasteiger partial charge >= 0.3 is 0 Å². The zero-order chi connectivity index (χ0) is 13.0. The summed E-state index contributed by atoms with van der Waals surface area (Å²) in [4.78, 5) is 14.1. The molecule has 0 fully saturated rings. The van der Waals surface area contributed by atoms with Gasteiger partial charge in [-0.2, -0.15) is 0 Å². The largest absolute Gasteiger partial charge is 0.298 e. The lowest BCUT2D eigenvalue weighted by Crippen LogP contribution is -2.04. The summed E-state index contributed by atoms with van der Waals surface area (Å²) >= 11 is 6.64. The molecular weight excluding hydrogens is 328 g/mol. The fraction of sp³-hybridized carbons (Fsp3) is 0.214. The van der Waals surface area contributed by atoms with Crippen LogP contribution in [0.1, 0.15) is 10.4 Å². The number of Topliss-reactive ketones (excluding diaryl/α,β-unsaturated/α-hetero) is 1. The minimum atomic E-state index is 0.274. The second kappa shape index (κ2) is 6.55. The summed E-state index contributed by atoms with van der Waals surface area (Å²) in [7, 11) is 0. The quantitative estimate of drug-likeness (QED) is 0.732. The first-order valence-electron chi connectivity index (χ1n) is 5.57. The van der Waals surface area contributed by atoms with Crippen molar-refractivity contribution in [3.8, 4) is 0 Å². The molecule has 0 aliphatic heterocycles. The summed E-state index contributed by atoms with van der Waals surface area (Å²) < 4.78 is 1.06. The van der Waals surface area contributed by atoms with E-state index in [1.54, 1.807) is 23.1 Å². The topological polar surface area (TPSA) is 17.1 Å². The molecule has 0 aliphatic rings. The molecule has 0 saturated carbocycles. The number of benzene rings is 1. The zero-order valence-electron chi connectivity index (χ0n) is 9.98. The third-order valence-corrected chi connectivity index (χ3v) is 5.13. The Bertz CT molecular complexity index is 548. The highest BCUT2D eigenvalue weighted by molar-refractivity contribution is 9.10. The number of rotatable bonds is 5. The molecule has 0 aliphatic carbocycles. The van der Waals surface area contributed by atoms with E-state index in [9.17, 15) is 4.79 Å². The van der Waals surface area contributed by atoms with E-state index in [-0.39, 0.29) is 5.78 Å². The van der Waals surface area contributed by atoms with Crippen molar-refractivity contribution in [3.63, 3.8) is 0 Å². The standard InChI is InChI=1S/C14H13BrOS2/c1-10-3-2-4-13(5-10)18-9-12(16)7-14-6-11(15)8-17-14/h2-6,8H,7,9H2,1H3. The average molecular weight is 341 g/mol. The van der Waals surface area contributed by atoms with Gasteiger partial charge in [0.15, 0.2) is 0 Å². The molecule has 0 unspecified atom stereocenters. The van der Waals surface area contributed by atoms with Crippen LogP contribution in [0.3, 0.4) is 0 Å². The van der Waals surface area contributed by atoms with E-state index in [1.807, 2.05) is 23.6 Å². The molecule has 0 bridgehead atoms. The van der Waals surface area contributed by atoms with Gasteiger partial charge in [0.2, 0.25) is 0 Å². The molecule has 0 saturated heterocycles. The lowest BCUT2D eigenvalue weighted by atomic mass is 10.2. The van der Waals surface area contributed by atoms with E-state index >= 15 is 0 Å². The van der Waals surface area contributed by atoms with Crippen molar-refractivity contribution in [2.24, 2.45) is 0 Å². The van der Waals surface area contributed by atoms with Gasteiger partial charge in [0, 0.05) is 26.0 Å². The van der Waals surface area contributed by atoms with Crippen molar-refractivity contribution in [1.29, 1.82) is 0 Å². The fourth-order valence-corrected chi connectivity index (χ4v) is 3.91. The van der Waals surface area contributed by atoms with Crippen molar-refractivity contribution in [3.05, 3.63) is 50.6 Å². The third-order valence-electron chi connectivity index (χ3n) is 2.38. The maximum Gasteiger partial charge on any atom is 0.148 e. The predicted molar refractivity (Wildman–Crippen MR) is 82.6 cm³/mol. The van der Waals surface area contributed by atoms with Crippen LogP contribution in [0.15, 0.2) is 45.1 Å². The van der Waals surface area contributed by atoms with Gasteiger partial charge in [0.05, 0.1) is 5.75 Å². The summed E-state index contributed by atoms with van der Waals surface area (Å²) in [6, 6.07) is 10.3. The van der Waals surface area contributed by atoms with Crippen molar-refractivity contribution >= 4 is 44.8 Å². The van der Waals surface area contributed by atoms with Crippen LogP contribution in [0.5, 0.6) is 0 Å². The number of halogens is 1. The van der Waals surface area contributed by atoms with Crippen LogP contribution in [-0.2, 0) is 11.2 Å². The van der Waals surface area contributed by atoms with Crippen LogP contribution in [0, 0.1) is 6.92 Å². The van der Waals surface area contributed by atoms with Crippen molar-refractivity contribution in [1.82, 2.24) is 0 Å². The maximum atomic E-state index is 11.9. The molecule has 1 nitrogen and oxygen atoms in total. The van der Waals surface area contributed by atoms with Crippen molar-refractivity contribution < 1.29 is 4.79 Å². The normalized spacial score (nSPS) is 10.6. The molecule has 0 N–H and O–H groups in total. The van der Waals surface area contributed by atoms with Gasteiger partial charge in [-0.1, -0.05) is 17.7 Å². The Kier molecular flexibility index (Phi) is 5.03.